The van der Waals surface area contributed by atoms with Crippen LogP contribution in [0, 0.1) is 5.92 Å². The minimum absolute atomic E-state index is 0.0536. The Morgan fingerprint density at radius 3 is 2.50 bits per heavy atom. The average Bonchev–Trinajstić information content (AvgIpc) is 2.25. The number of carbonyl (C=O) groups is 1. The second kappa shape index (κ2) is 5.01. The molecule has 1 aliphatic rings. The molecule has 0 bridgehead atoms. The van der Waals surface area contributed by atoms with E-state index in [9.17, 15) is 4.79 Å². The maximum Gasteiger partial charge on any atom is 0.309 e. The number of carbonyl (C=O) groups excluding carboxylic acids is 1. The highest BCUT2D eigenvalue weighted by Crippen LogP contribution is 2.27. The second-order valence-corrected chi connectivity index (χ2v) is 4.08. The molecule has 0 heterocycles. The summed E-state index contributed by atoms with van der Waals surface area (Å²) in [5, 5.41) is 0. The Morgan fingerprint density at radius 1 is 1.31 bits per heavy atom. The van der Waals surface area contributed by atoms with Crippen LogP contribution in [0.3, 0.4) is 0 Å². The van der Waals surface area contributed by atoms with Gasteiger partial charge in [0.15, 0.2) is 0 Å². The van der Waals surface area contributed by atoms with Gasteiger partial charge < -0.3 is 9.47 Å². The summed E-state index contributed by atoms with van der Waals surface area (Å²) in [7, 11) is 1.63. The molecule has 1 saturated carbocycles. The molecule has 3 nitrogen and oxygen atoms in total. The van der Waals surface area contributed by atoms with Crippen LogP contribution in [-0.4, -0.2) is 13.1 Å². The smallest absolute Gasteiger partial charge is 0.309 e. The number of methoxy groups -OCH3 is 1. The molecule has 1 aromatic rings. The Morgan fingerprint density at radius 2 is 2.00 bits per heavy atom. The summed E-state index contributed by atoms with van der Waals surface area (Å²) in [6.07, 6.45) is 3.13. The van der Waals surface area contributed by atoms with Crippen molar-refractivity contribution in [2.75, 3.05) is 7.11 Å². The van der Waals surface area contributed by atoms with Gasteiger partial charge in [-0.05, 0) is 30.5 Å². The van der Waals surface area contributed by atoms with E-state index in [1.807, 2.05) is 24.3 Å². The van der Waals surface area contributed by atoms with Gasteiger partial charge in [-0.2, -0.15) is 0 Å². The first-order valence-corrected chi connectivity index (χ1v) is 5.59. The number of esters is 1. The van der Waals surface area contributed by atoms with E-state index in [1.165, 1.54) is 0 Å². The van der Waals surface area contributed by atoms with Gasteiger partial charge in [0, 0.05) is 0 Å². The van der Waals surface area contributed by atoms with Crippen molar-refractivity contribution in [3.63, 3.8) is 0 Å². The zero-order valence-corrected chi connectivity index (χ0v) is 9.44. The lowest BCUT2D eigenvalue weighted by Gasteiger charge is -2.23. The van der Waals surface area contributed by atoms with Crippen molar-refractivity contribution in [3.05, 3.63) is 29.8 Å². The van der Waals surface area contributed by atoms with Gasteiger partial charge in [-0.3, -0.25) is 4.79 Å². The molecule has 86 valence electrons. The fourth-order valence-corrected chi connectivity index (χ4v) is 1.64. The quantitative estimate of drug-likeness (QED) is 0.731. The van der Waals surface area contributed by atoms with Crippen LogP contribution in [-0.2, 0) is 16.1 Å². The summed E-state index contributed by atoms with van der Waals surface area (Å²) in [5.74, 6) is 0.911. The zero-order chi connectivity index (χ0) is 11.4. The molecule has 3 heteroatoms. The highest BCUT2D eigenvalue weighted by atomic mass is 16.5. The van der Waals surface area contributed by atoms with Crippen LogP contribution in [0.4, 0.5) is 0 Å². The van der Waals surface area contributed by atoms with Gasteiger partial charge in [0.1, 0.15) is 12.4 Å². The minimum atomic E-state index is -0.0536. The normalized spacial score (nSPS) is 15.3. The zero-order valence-electron chi connectivity index (χ0n) is 9.44. The fraction of sp³-hybridized carbons (Fsp3) is 0.462. The van der Waals surface area contributed by atoms with Crippen molar-refractivity contribution in [1.82, 2.24) is 0 Å². The standard InChI is InChI=1S/C13H16O3/c1-15-12-7-5-10(6-8-12)9-16-13(14)11-3-2-4-11/h5-8,11H,2-4,9H2,1H3. The van der Waals surface area contributed by atoms with Crippen LogP contribution >= 0.6 is 0 Å². The van der Waals surface area contributed by atoms with Crippen LogP contribution in [0.25, 0.3) is 0 Å². The lowest BCUT2D eigenvalue weighted by molar-refractivity contribution is -0.152. The highest BCUT2D eigenvalue weighted by Gasteiger charge is 2.26. The lowest BCUT2D eigenvalue weighted by atomic mass is 9.86. The van der Waals surface area contributed by atoms with Gasteiger partial charge in [0.2, 0.25) is 0 Å². The molecule has 0 saturated heterocycles. The SMILES string of the molecule is COc1ccc(COC(=O)C2CCC2)cc1. The molecular formula is C13H16O3. The van der Waals surface area contributed by atoms with Crippen molar-refractivity contribution in [2.45, 2.75) is 25.9 Å². The predicted molar refractivity (Wildman–Crippen MR) is 60.1 cm³/mol. The third-order valence-corrected chi connectivity index (χ3v) is 2.98. The van der Waals surface area contributed by atoms with Crippen molar-refractivity contribution >= 4 is 5.97 Å². The van der Waals surface area contributed by atoms with Gasteiger partial charge in [-0.15, -0.1) is 0 Å². The van der Waals surface area contributed by atoms with E-state index in [4.69, 9.17) is 9.47 Å². The van der Waals surface area contributed by atoms with Crippen molar-refractivity contribution < 1.29 is 14.3 Å². The largest absolute Gasteiger partial charge is 0.497 e. The maximum atomic E-state index is 11.5. The van der Waals surface area contributed by atoms with Crippen molar-refractivity contribution in [1.29, 1.82) is 0 Å². The molecule has 0 aromatic heterocycles. The van der Waals surface area contributed by atoms with E-state index in [0.29, 0.717) is 6.61 Å². The number of benzene rings is 1. The monoisotopic (exact) mass is 220 g/mol. The topological polar surface area (TPSA) is 35.5 Å². The molecule has 0 N–H and O–H groups in total. The summed E-state index contributed by atoms with van der Waals surface area (Å²) in [6, 6.07) is 7.55. The van der Waals surface area contributed by atoms with E-state index in [0.717, 1.165) is 30.6 Å². The van der Waals surface area contributed by atoms with Crippen LogP contribution in [0.15, 0.2) is 24.3 Å². The predicted octanol–water partition coefficient (Wildman–Crippen LogP) is 2.54. The first kappa shape index (κ1) is 11.0. The molecule has 0 aliphatic heterocycles. The molecule has 2 rings (SSSR count). The highest BCUT2D eigenvalue weighted by molar-refractivity contribution is 5.73. The minimum Gasteiger partial charge on any atom is -0.497 e. The molecule has 0 radical (unpaired) electrons. The van der Waals surface area contributed by atoms with Gasteiger partial charge in [0.25, 0.3) is 0 Å². The van der Waals surface area contributed by atoms with Crippen LogP contribution in [0.2, 0.25) is 0 Å². The average molecular weight is 220 g/mol. The number of hydrogen-bond acceptors (Lipinski definition) is 3. The van der Waals surface area contributed by atoms with Gasteiger partial charge in [-0.25, -0.2) is 0 Å². The Hall–Kier alpha value is -1.51. The fourth-order valence-electron chi connectivity index (χ4n) is 1.64. The van der Waals surface area contributed by atoms with Gasteiger partial charge in [0.05, 0.1) is 13.0 Å². The summed E-state index contributed by atoms with van der Waals surface area (Å²) in [6.45, 7) is 0.360. The Labute approximate surface area is 95.4 Å². The van der Waals surface area contributed by atoms with Gasteiger partial charge in [-0.1, -0.05) is 18.6 Å². The lowest BCUT2D eigenvalue weighted by Crippen LogP contribution is -2.23. The first-order chi connectivity index (χ1) is 7.79. The number of ether oxygens (including phenoxy) is 2. The summed E-state index contributed by atoms with van der Waals surface area (Å²) < 4.78 is 10.3. The third-order valence-electron chi connectivity index (χ3n) is 2.98. The van der Waals surface area contributed by atoms with E-state index in [-0.39, 0.29) is 11.9 Å². The van der Waals surface area contributed by atoms with E-state index in [1.54, 1.807) is 7.11 Å². The molecule has 0 amide bonds. The molecule has 0 atom stereocenters. The van der Waals surface area contributed by atoms with Crippen LogP contribution in [0.5, 0.6) is 5.75 Å². The van der Waals surface area contributed by atoms with E-state index < -0.39 is 0 Å². The Balaban J connectivity index is 1.81. The molecule has 1 fully saturated rings. The molecule has 1 aliphatic carbocycles. The Kier molecular flexibility index (Phi) is 3.44. The molecule has 1 aromatic carbocycles. The summed E-state index contributed by atoms with van der Waals surface area (Å²) in [4.78, 5) is 11.5. The van der Waals surface area contributed by atoms with E-state index >= 15 is 0 Å². The van der Waals surface area contributed by atoms with Crippen LogP contribution < -0.4 is 4.74 Å². The van der Waals surface area contributed by atoms with Gasteiger partial charge >= 0.3 is 5.97 Å². The maximum absolute atomic E-state index is 11.5. The molecule has 0 spiro atoms. The van der Waals surface area contributed by atoms with Crippen LogP contribution in [0.1, 0.15) is 24.8 Å². The molecule has 16 heavy (non-hydrogen) atoms. The van der Waals surface area contributed by atoms with E-state index in [2.05, 4.69) is 0 Å². The number of rotatable bonds is 4. The number of hydrogen-bond donors (Lipinski definition) is 0. The summed E-state index contributed by atoms with van der Waals surface area (Å²) in [5.41, 5.74) is 0.994. The molecule has 0 unspecified atom stereocenters. The molecular weight excluding hydrogens is 204 g/mol. The summed E-state index contributed by atoms with van der Waals surface area (Å²) >= 11 is 0. The third kappa shape index (κ3) is 2.54. The second-order valence-electron chi connectivity index (χ2n) is 4.08. The Bertz CT molecular complexity index is 352. The first-order valence-electron chi connectivity index (χ1n) is 5.59. The van der Waals surface area contributed by atoms with Crippen molar-refractivity contribution in [2.24, 2.45) is 5.92 Å². The van der Waals surface area contributed by atoms with Crippen molar-refractivity contribution in [3.8, 4) is 5.75 Å².